The molecule has 0 radical (unpaired) electrons. The average molecular weight is 604 g/mol. The minimum Gasteiger partial charge on any atom is -0.491 e. The molecule has 4 aromatic rings. The van der Waals surface area contributed by atoms with Gasteiger partial charge in [-0.3, -0.25) is 9.80 Å². The van der Waals surface area contributed by atoms with Crippen LogP contribution in [0.2, 0.25) is 0 Å². The first-order valence-electron chi connectivity index (χ1n) is 15.9. The molecule has 1 aromatic carbocycles. The van der Waals surface area contributed by atoms with Gasteiger partial charge in [-0.1, -0.05) is 18.2 Å². The minimum atomic E-state index is 0.0471. The molecule has 9 rings (SSSR count). The number of carbonyl (C=O) groups is 1. The van der Waals surface area contributed by atoms with Crippen LogP contribution in [-0.4, -0.2) is 102 Å². The Bertz CT molecular complexity index is 1730. The highest BCUT2D eigenvalue weighted by atomic mass is 16.5. The van der Waals surface area contributed by atoms with Gasteiger partial charge in [0, 0.05) is 62.8 Å². The number of hydrogen-bond donors (Lipinski definition) is 1. The summed E-state index contributed by atoms with van der Waals surface area (Å²) in [6.45, 7) is 7.50. The summed E-state index contributed by atoms with van der Waals surface area (Å²) >= 11 is 0. The van der Waals surface area contributed by atoms with Crippen LogP contribution >= 0.6 is 0 Å². The van der Waals surface area contributed by atoms with E-state index in [0.29, 0.717) is 12.2 Å². The maximum Gasteiger partial charge on any atom is 0.324 e. The molecule has 11 nitrogen and oxygen atoms in total. The highest BCUT2D eigenvalue weighted by Crippen LogP contribution is 2.37. The standard InChI is InChI=1S/C34H37N9O2/c1-39(27-5-3-2-4-6-27)34(44)43-28-11-29(43)21-41(20-28)32-8-7-23(16-37-32)31-12-30(22-42-33(31)24(13-35)17-38-42)45-10-9-40-18-25-14-36-15-26(25)19-40/h2-8,12,16-17,22,25-26,28-29,36H,9-11,14-15,18-21H2,1H3. The van der Waals surface area contributed by atoms with Crippen molar-refractivity contribution in [2.45, 2.75) is 18.5 Å². The van der Waals surface area contributed by atoms with Crippen molar-refractivity contribution >= 4 is 23.1 Å². The van der Waals surface area contributed by atoms with Gasteiger partial charge >= 0.3 is 6.03 Å². The van der Waals surface area contributed by atoms with Crippen molar-refractivity contribution in [1.29, 1.82) is 5.26 Å². The number of fused-ring (bicyclic) bond motifs is 4. The summed E-state index contributed by atoms with van der Waals surface area (Å²) in [6.07, 6.45) is 6.34. The van der Waals surface area contributed by atoms with Gasteiger partial charge in [-0.15, -0.1) is 0 Å². The molecule has 5 aliphatic heterocycles. The highest BCUT2D eigenvalue weighted by molar-refractivity contribution is 5.92. The highest BCUT2D eigenvalue weighted by Gasteiger charge is 2.48. The fourth-order valence-electron chi connectivity index (χ4n) is 7.68. The van der Waals surface area contributed by atoms with E-state index in [1.54, 1.807) is 15.6 Å². The van der Waals surface area contributed by atoms with Crippen molar-refractivity contribution in [3.8, 4) is 22.9 Å². The molecule has 5 saturated heterocycles. The monoisotopic (exact) mass is 603 g/mol. The molecule has 2 bridgehead atoms. The third kappa shape index (κ3) is 5.04. The number of aromatic nitrogens is 3. The Morgan fingerprint density at radius 1 is 1.07 bits per heavy atom. The van der Waals surface area contributed by atoms with Gasteiger partial charge in [0.25, 0.3) is 0 Å². The van der Waals surface area contributed by atoms with E-state index >= 15 is 0 Å². The summed E-state index contributed by atoms with van der Waals surface area (Å²) in [5.74, 6) is 3.13. The van der Waals surface area contributed by atoms with E-state index in [0.717, 1.165) is 98.0 Å². The van der Waals surface area contributed by atoms with Crippen molar-refractivity contribution < 1.29 is 9.53 Å². The van der Waals surface area contributed by atoms with Crippen molar-refractivity contribution in [3.63, 3.8) is 0 Å². The second-order valence-corrected chi connectivity index (χ2v) is 12.8. The zero-order valence-electron chi connectivity index (χ0n) is 25.4. The summed E-state index contributed by atoms with van der Waals surface area (Å²) in [7, 11) is 1.84. The molecule has 1 N–H and O–H groups in total. The number of piperidine rings is 1. The predicted molar refractivity (Wildman–Crippen MR) is 171 cm³/mol. The third-order valence-corrected chi connectivity index (χ3v) is 10.1. The number of urea groups is 1. The number of nitrogens with zero attached hydrogens (tertiary/aromatic N) is 8. The molecule has 45 heavy (non-hydrogen) atoms. The van der Waals surface area contributed by atoms with Gasteiger partial charge < -0.3 is 19.9 Å². The van der Waals surface area contributed by atoms with Crippen LogP contribution in [0.4, 0.5) is 16.3 Å². The van der Waals surface area contributed by atoms with Gasteiger partial charge in [0.05, 0.1) is 35.6 Å². The Morgan fingerprint density at radius 2 is 1.84 bits per heavy atom. The first-order valence-corrected chi connectivity index (χ1v) is 15.9. The van der Waals surface area contributed by atoms with Crippen LogP contribution in [0, 0.1) is 23.2 Å². The number of pyridine rings is 2. The lowest BCUT2D eigenvalue weighted by Crippen LogP contribution is -2.72. The quantitative estimate of drug-likeness (QED) is 0.343. The van der Waals surface area contributed by atoms with E-state index in [1.165, 1.54) is 0 Å². The van der Waals surface area contributed by atoms with E-state index in [9.17, 15) is 10.1 Å². The topological polar surface area (TPSA) is 105 Å². The molecule has 5 aliphatic rings. The van der Waals surface area contributed by atoms with Crippen LogP contribution in [0.25, 0.3) is 16.6 Å². The molecule has 0 saturated carbocycles. The molecule has 8 heterocycles. The van der Waals surface area contributed by atoms with Crippen LogP contribution < -0.4 is 19.9 Å². The number of ether oxygens (including phenoxy) is 1. The molecule has 5 fully saturated rings. The van der Waals surface area contributed by atoms with E-state index < -0.39 is 0 Å². The van der Waals surface area contributed by atoms with E-state index in [-0.39, 0.29) is 18.1 Å². The zero-order chi connectivity index (χ0) is 30.5. The summed E-state index contributed by atoms with van der Waals surface area (Å²) < 4.78 is 7.98. The third-order valence-electron chi connectivity index (χ3n) is 10.1. The summed E-state index contributed by atoms with van der Waals surface area (Å²) in [5.41, 5.74) is 3.92. The normalized spacial score (nSPS) is 23.9. The number of likely N-dealkylation sites (tertiary alicyclic amines) is 1. The van der Waals surface area contributed by atoms with Gasteiger partial charge in [0.2, 0.25) is 0 Å². The van der Waals surface area contributed by atoms with Gasteiger partial charge in [-0.2, -0.15) is 10.4 Å². The zero-order valence-corrected chi connectivity index (χ0v) is 25.4. The first kappa shape index (κ1) is 27.9. The lowest BCUT2D eigenvalue weighted by Gasteiger charge is -2.57. The Labute approximate surface area is 262 Å². The molecule has 3 aromatic heterocycles. The van der Waals surface area contributed by atoms with Crippen molar-refractivity contribution in [3.05, 3.63) is 72.7 Å². The van der Waals surface area contributed by atoms with Crippen LogP contribution in [0.5, 0.6) is 5.75 Å². The number of carbonyl (C=O) groups excluding carboxylic acids is 1. The van der Waals surface area contributed by atoms with Gasteiger partial charge in [0.1, 0.15) is 24.2 Å². The number of rotatable bonds is 7. The number of piperazine rings is 1. The Morgan fingerprint density at radius 3 is 2.56 bits per heavy atom. The molecule has 4 atom stereocenters. The molecular weight excluding hydrogens is 566 g/mol. The summed E-state index contributed by atoms with van der Waals surface area (Å²) in [6, 6.07) is 18.5. The molecule has 0 aliphatic carbocycles. The number of hydrogen-bond acceptors (Lipinski definition) is 8. The summed E-state index contributed by atoms with van der Waals surface area (Å²) in [4.78, 5) is 26.7. The molecule has 2 amide bonds. The van der Waals surface area contributed by atoms with E-state index in [2.05, 4.69) is 32.4 Å². The second-order valence-electron chi connectivity index (χ2n) is 12.8. The summed E-state index contributed by atoms with van der Waals surface area (Å²) in [5, 5.41) is 17.7. The average Bonchev–Trinajstić information content (AvgIpc) is 3.80. The van der Waals surface area contributed by atoms with Crippen molar-refractivity contribution in [2.75, 3.05) is 69.3 Å². The van der Waals surface area contributed by atoms with Crippen LogP contribution in [0.1, 0.15) is 12.0 Å². The molecule has 11 heteroatoms. The molecular formula is C34H37N9O2. The van der Waals surface area contributed by atoms with E-state index in [1.807, 2.05) is 66.8 Å². The van der Waals surface area contributed by atoms with Crippen LogP contribution in [0.15, 0.2) is 67.1 Å². The predicted octanol–water partition coefficient (Wildman–Crippen LogP) is 3.32. The smallest absolute Gasteiger partial charge is 0.324 e. The van der Waals surface area contributed by atoms with Crippen molar-refractivity contribution in [1.82, 2.24) is 29.7 Å². The minimum absolute atomic E-state index is 0.0471. The molecule has 4 unspecified atom stereocenters. The van der Waals surface area contributed by atoms with Gasteiger partial charge in [-0.25, -0.2) is 14.3 Å². The Kier molecular flexibility index (Phi) is 7.03. The Hall–Kier alpha value is -4.66. The lowest BCUT2D eigenvalue weighted by molar-refractivity contribution is 0.0407. The van der Waals surface area contributed by atoms with Crippen LogP contribution in [-0.2, 0) is 0 Å². The number of anilines is 2. The number of para-hydroxylation sites is 1. The number of amides is 2. The Balaban J connectivity index is 0.959. The maximum absolute atomic E-state index is 13.3. The van der Waals surface area contributed by atoms with Crippen molar-refractivity contribution in [2.24, 2.45) is 11.8 Å². The lowest BCUT2D eigenvalue weighted by atomic mass is 9.87. The SMILES string of the molecule is CN(C(=O)N1C2CC1CN(c1ccc(-c3cc(OCCN4CC5CNCC5C4)cn4ncc(C#N)c34)cn1)C2)c1ccccc1. The van der Waals surface area contributed by atoms with Gasteiger partial charge in [-0.05, 0) is 61.7 Å². The largest absolute Gasteiger partial charge is 0.491 e. The molecule has 230 valence electrons. The number of nitriles is 1. The fourth-order valence-corrected chi connectivity index (χ4v) is 7.68. The first-order chi connectivity index (χ1) is 22.1. The number of nitrogens with one attached hydrogen (secondary N) is 1. The second kappa shape index (κ2) is 11.4. The van der Waals surface area contributed by atoms with Gasteiger partial charge in [0.15, 0.2) is 0 Å². The number of benzene rings is 1. The van der Waals surface area contributed by atoms with Crippen LogP contribution in [0.3, 0.4) is 0 Å². The fraction of sp³-hybridized carbons (Fsp3) is 0.412. The molecule has 0 spiro atoms. The van der Waals surface area contributed by atoms with E-state index in [4.69, 9.17) is 9.72 Å². The maximum atomic E-state index is 13.3.